The SMILES string of the molecule is COC(=O)c1ccc2c(c1)CNC2=O.O=C(O)c1ccc2c(c1)CNC2=O. The van der Waals surface area contributed by atoms with Crippen molar-refractivity contribution in [3.05, 3.63) is 69.8 Å². The summed E-state index contributed by atoms with van der Waals surface area (Å²) in [5.41, 5.74) is 3.50. The maximum atomic E-state index is 11.2. The highest BCUT2D eigenvalue weighted by Gasteiger charge is 2.20. The monoisotopic (exact) mass is 368 g/mol. The number of hydrogen-bond donors (Lipinski definition) is 3. The molecule has 0 saturated heterocycles. The Morgan fingerprint density at radius 2 is 1.37 bits per heavy atom. The van der Waals surface area contributed by atoms with Gasteiger partial charge in [-0.1, -0.05) is 0 Å². The standard InChI is InChI=1S/C10H9NO3.C9H7NO3/c1-14-10(13)6-2-3-8-7(4-6)5-11-9(8)12;11-8-7-2-1-5(9(12)13)3-6(7)4-10-8/h2-4H,5H2,1H3,(H,11,12);1-3H,4H2,(H,10,11)(H,12,13). The van der Waals surface area contributed by atoms with Gasteiger partial charge in [-0.25, -0.2) is 9.59 Å². The van der Waals surface area contributed by atoms with Crippen LogP contribution in [0.3, 0.4) is 0 Å². The van der Waals surface area contributed by atoms with Gasteiger partial charge in [0.05, 0.1) is 18.2 Å². The number of esters is 1. The van der Waals surface area contributed by atoms with Crippen LogP contribution >= 0.6 is 0 Å². The van der Waals surface area contributed by atoms with Crippen molar-refractivity contribution in [3.63, 3.8) is 0 Å². The van der Waals surface area contributed by atoms with Crippen LogP contribution in [-0.4, -0.2) is 36.0 Å². The second kappa shape index (κ2) is 7.28. The van der Waals surface area contributed by atoms with Crippen LogP contribution in [0.4, 0.5) is 0 Å². The van der Waals surface area contributed by atoms with E-state index in [1.165, 1.54) is 19.2 Å². The quantitative estimate of drug-likeness (QED) is 0.688. The van der Waals surface area contributed by atoms with Crippen LogP contribution in [0.5, 0.6) is 0 Å². The number of carbonyl (C=O) groups is 4. The van der Waals surface area contributed by atoms with Crippen molar-refractivity contribution >= 4 is 23.8 Å². The van der Waals surface area contributed by atoms with E-state index in [9.17, 15) is 19.2 Å². The molecule has 0 radical (unpaired) electrons. The molecule has 0 atom stereocenters. The summed E-state index contributed by atoms with van der Waals surface area (Å²) in [6, 6.07) is 9.42. The lowest BCUT2D eigenvalue weighted by molar-refractivity contribution is 0.0599. The summed E-state index contributed by atoms with van der Waals surface area (Å²) in [5, 5.41) is 14.0. The summed E-state index contributed by atoms with van der Waals surface area (Å²) >= 11 is 0. The molecular weight excluding hydrogens is 352 g/mol. The Balaban J connectivity index is 0.000000156. The molecule has 0 bridgehead atoms. The Kier molecular flexibility index (Phi) is 4.89. The number of aromatic carboxylic acids is 1. The number of nitrogens with one attached hydrogen (secondary N) is 2. The molecule has 2 aliphatic heterocycles. The molecule has 3 N–H and O–H groups in total. The zero-order valence-corrected chi connectivity index (χ0v) is 14.4. The molecule has 0 fully saturated rings. The van der Waals surface area contributed by atoms with E-state index in [0.717, 1.165) is 11.1 Å². The van der Waals surface area contributed by atoms with E-state index in [4.69, 9.17) is 5.11 Å². The van der Waals surface area contributed by atoms with Gasteiger partial charge in [-0.3, -0.25) is 9.59 Å². The third kappa shape index (κ3) is 3.64. The number of hydrogen-bond acceptors (Lipinski definition) is 5. The first-order valence-corrected chi connectivity index (χ1v) is 8.04. The van der Waals surface area contributed by atoms with Gasteiger partial charge in [-0.15, -0.1) is 0 Å². The number of fused-ring (bicyclic) bond motifs is 2. The van der Waals surface area contributed by atoms with Crippen LogP contribution in [0.25, 0.3) is 0 Å². The summed E-state index contributed by atoms with van der Waals surface area (Å²) < 4.78 is 4.58. The maximum Gasteiger partial charge on any atom is 0.337 e. The predicted octanol–water partition coefficient (Wildman–Crippen LogP) is 1.34. The number of carbonyl (C=O) groups excluding carboxylic acids is 3. The van der Waals surface area contributed by atoms with Gasteiger partial charge in [0, 0.05) is 24.2 Å². The van der Waals surface area contributed by atoms with Gasteiger partial charge >= 0.3 is 11.9 Å². The van der Waals surface area contributed by atoms with Crippen LogP contribution in [-0.2, 0) is 17.8 Å². The van der Waals surface area contributed by atoms with Crippen molar-refractivity contribution in [2.24, 2.45) is 0 Å². The van der Waals surface area contributed by atoms with E-state index < -0.39 is 5.97 Å². The predicted molar refractivity (Wildman–Crippen MR) is 93.5 cm³/mol. The first-order chi connectivity index (χ1) is 12.9. The molecule has 0 unspecified atom stereocenters. The van der Waals surface area contributed by atoms with Gasteiger partial charge in [0.2, 0.25) is 0 Å². The molecule has 8 heteroatoms. The minimum atomic E-state index is -0.970. The van der Waals surface area contributed by atoms with Crippen molar-refractivity contribution in [2.45, 2.75) is 13.1 Å². The molecule has 0 saturated carbocycles. The summed E-state index contributed by atoms with van der Waals surface area (Å²) in [6.07, 6.45) is 0. The second-order valence-corrected chi connectivity index (χ2v) is 5.91. The molecule has 2 amide bonds. The summed E-state index contributed by atoms with van der Waals surface area (Å²) in [4.78, 5) is 44.0. The maximum absolute atomic E-state index is 11.2. The molecule has 2 aromatic carbocycles. The average Bonchev–Trinajstić information content (AvgIpc) is 3.24. The Bertz CT molecular complexity index is 967. The van der Waals surface area contributed by atoms with Crippen LogP contribution in [0.15, 0.2) is 36.4 Å². The minimum absolute atomic E-state index is 0.0867. The number of rotatable bonds is 2. The van der Waals surface area contributed by atoms with Crippen LogP contribution in [0.1, 0.15) is 52.6 Å². The highest BCUT2D eigenvalue weighted by Crippen LogP contribution is 2.18. The van der Waals surface area contributed by atoms with E-state index in [1.807, 2.05) is 0 Å². The topological polar surface area (TPSA) is 122 Å². The van der Waals surface area contributed by atoms with Crippen molar-refractivity contribution in [3.8, 4) is 0 Å². The molecular formula is C19H16N2O6. The van der Waals surface area contributed by atoms with Crippen molar-refractivity contribution < 1.29 is 29.0 Å². The lowest BCUT2D eigenvalue weighted by Gasteiger charge is -2.00. The fraction of sp³-hybridized carbons (Fsp3) is 0.158. The van der Waals surface area contributed by atoms with E-state index in [2.05, 4.69) is 15.4 Å². The molecule has 0 aliphatic carbocycles. The van der Waals surface area contributed by atoms with E-state index in [-0.39, 0.29) is 23.3 Å². The second-order valence-electron chi connectivity index (χ2n) is 5.91. The normalized spacial score (nSPS) is 13.5. The first kappa shape index (κ1) is 18.1. The van der Waals surface area contributed by atoms with E-state index in [1.54, 1.807) is 24.3 Å². The fourth-order valence-electron chi connectivity index (χ4n) is 2.84. The zero-order valence-electron chi connectivity index (χ0n) is 14.4. The van der Waals surface area contributed by atoms with Gasteiger partial charge in [0.25, 0.3) is 11.8 Å². The Hall–Kier alpha value is -3.68. The largest absolute Gasteiger partial charge is 0.478 e. The molecule has 138 valence electrons. The molecule has 2 heterocycles. The molecule has 0 spiro atoms. The van der Waals surface area contributed by atoms with Gasteiger partial charge < -0.3 is 20.5 Å². The fourth-order valence-corrected chi connectivity index (χ4v) is 2.84. The van der Waals surface area contributed by atoms with Crippen molar-refractivity contribution in [2.75, 3.05) is 7.11 Å². The Morgan fingerprint density at radius 3 is 1.85 bits per heavy atom. The number of carboxylic acid groups (broad SMARTS) is 1. The van der Waals surface area contributed by atoms with Crippen molar-refractivity contribution in [1.29, 1.82) is 0 Å². The van der Waals surface area contributed by atoms with Gasteiger partial charge in [-0.05, 0) is 47.5 Å². The number of methoxy groups -OCH3 is 1. The lowest BCUT2D eigenvalue weighted by atomic mass is 10.1. The Morgan fingerprint density at radius 1 is 0.889 bits per heavy atom. The van der Waals surface area contributed by atoms with Gasteiger partial charge in [0.15, 0.2) is 0 Å². The van der Waals surface area contributed by atoms with Crippen LogP contribution in [0, 0.1) is 0 Å². The number of benzene rings is 2. The van der Waals surface area contributed by atoms with Gasteiger partial charge in [-0.2, -0.15) is 0 Å². The first-order valence-electron chi connectivity index (χ1n) is 8.04. The minimum Gasteiger partial charge on any atom is -0.478 e. The zero-order chi connectivity index (χ0) is 19.6. The third-order valence-electron chi connectivity index (χ3n) is 4.25. The van der Waals surface area contributed by atoms with Crippen LogP contribution in [0.2, 0.25) is 0 Å². The number of carboxylic acids is 1. The molecule has 27 heavy (non-hydrogen) atoms. The highest BCUT2D eigenvalue weighted by atomic mass is 16.5. The van der Waals surface area contributed by atoms with Crippen molar-refractivity contribution in [1.82, 2.24) is 10.6 Å². The van der Waals surface area contributed by atoms with Crippen LogP contribution < -0.4 is 10.6 Å². The number of ether oxygens (including phenoxy) is 1. The van der Waals surface area contributed by atoms with E-state index in [0.29, 0.717) is 29.8 Å². The summed E-state index contributed by atoms with van der Waals surface area (Å²) in [7, 11) is 1.33. The molecule has 2 aromatic rings. The summed E-state index contributed by atoms with van der Waals surface area (Å²) in [6.45, 7) is 0.911. The van der Waals surface area contributed by atoms with Gasteiger partial charge in [0.1, 0.15) is 0 Å². The Labute approximate surface area is 154 Å². The molecule has 2 aliphatic rings. The smallest absolute Gasteiger partial charge is 0.337 e. The molecule has 4 rings (SSSR count). The van der Waals surface area contributed by atoms with E-state index >= 15 is 0 Å². The summed E-state index contributed by atoms with van der Waals surface area (Å²) in [5.74, 6) is -1.57. The lowest BCUT2D eigenvalue weighted by Crippen LogP contribution is -2.12. The molecule has 0 aromatic heterocycles. The average molecular weight is 368 g/mol. The third-order valence-corrected chi connectivity index (χ3v) is 4.25. The number of amides is 2. The molecule has 8 nitrogen and oxygen atoms in total. The highest BCUT2D eigenvalue weighted by molar-refractivity contribution is 6.00.